The fraction of sp³-hybridized carbons (Fsp3) is 0.857. The molecule has 0 heterocycles. The highest BCUT2D eigenvalue weighted by atomic mass is 32.2. The van der Waals surface area contributed by atoms with Gasteiger partial charge in [0.15, 0.2) is 5.90 Å². The van der Waals surface area contributed by atoms with E-state index in [0.29, 0.717) is 19.0 Å². The summed E-state index contributed by atoms with van der Waals surface area (Å²) in [5.41, 5.74) is 5.30. The second kappa shape index (κ2) is 7.88. The van der Waals surface area contributed by atoms with Crippen molar-refractivity contribution in [3.8, 4) is 0 Å². The second-order valence-electron chi connectivity index (χ2n) is 2.01. The molecule has 11 heavy (non-hydrogen) atoms. The van der Waals surface area contributed by atoms with Crippen molar-refractivity contribution in [2.24, 2.45) is 5.73 Å². The Hall–Kier alpha value is -0.220. The smallest absolute Gasteiger partial charge is 0.181 e. The summed E-state index contributed by atoms with van der Waals surface area (Å²) in [6.45, 7) is 3.20. The topological polar surface area (TPSA) is 59.1 Å². The van der Waals surface area contributed by atoms with Crippen molar-refractivity contribution in [1.29, 1.82) is 5.41 Å². The Morgan fingerprint density at radius 3 is 2.82 bits per heavy atom. The zero-order valence-electron chi connectivity index (χ0n) is 6.93. The van der Waals surface area contributed by atoms with Crippen molar-refractivity contribution in [1.82, 2.24) is 0 Å². The van der Waals surface area contributed by atoms with Crippen molar-refractivity contribution < 1.29 is 4.74 Å². The van der Waals surface area contributed by atoms with E-state index in [9.17, 15) is 0 Å². The van der Waals surface area contributed by atoms with Gasteiger partial charge >= 0.3 is 0 Å². The number of nitrogens with two attached hydrogens (primary N) is 1. The third-order valence-electron chi connectivity index (χ3n) is 1.05. The fourth-order valence-electron chi connectivity index (χ4n) is 0.597. The molecule has 0 atom stereocenters. The third-order valence-corrected chi connectivity index (χ3v) is 2.07. The number of rotatable bonds is 6. The first-order valence-electron chi connectivity index (χ1n) is 3.79. The molecule has 0 aliphatic carbocycles. The van der Waals surface area contributed by atoms with Crippen LogP contribution >= 0.6 is 11.8 Å². The molecule has 3 nitrogen and oxygen atoms in total. The maximum Gasteiger partial charge on any atom is 0.181 e. The molecule has 0 bridgehead atoms. The van der Waals surface area contributed by atoms with Crippen LogP contribution in [0.1, 0.15) is 13.3 Å². The molecule has 0 amide bonds. The average Bonchev–Trinajstić information content (AvgIpc) is 1.99. The first kappa shape index (κ1) is 10.8. The summed E-state index contributed by atoms with van der Waals surface area (Å²) in [4.78, 5) is 0. The molecule has 0 rings (SSSR count). The predicted molar refractivity (Wildman–Crippen MR) is 50.3 cm³/mol. The van der Waals surface area contributed by atoms with Gasteiger partial charge in [-0.05, 0) is 6.92 Å². The van der Waals surface area contributed by atoms with Gasteiger partial charge in [-0.15, -0.1) is 0 Å². The van der Waals surface area contributed by atoms with Gasteiger partial charge < -0.3 is 10.5 Å². The molecule has 0 fully saturated rings. The third kappa shape index (κ3) is 7.68. The minimum absolute atomic E-state index is 0.386. The van der Waals surface area contributed by atoms with E-state index >= 15 is 0 Å². The molecule has 4 heteroatoms. The van der Waals surface area contributed by atoms with Crippen molar-refractivity contribution in [3.05, 3.63) is 0 Å². The summed E-state index contributed by atoms with van der Waals surface area (Å²) >= 11 is 1.76. The van der Waals surface area contributed by atoms with Gasteiger partial charge in [-0.25, -0.2) is 0 Å². The van der Waals surface area contributed by atoms with Crippen LogP contribution in [-0.4, -0.2) is 30.6 Å². The lowest BCUT2D eigenvalue weighted by Crippen LogP contribution is -2.06. The molecule has 0 aliphatic heterocycles. The summed E-state index contributed by atoms with van der Waals surface area (Å²) in [6.07, 6.45) is 0.721. The van der Waals surface area contributed by atoms with Gasteiger partial charge in [0, 0.05) is 24.5 Å². The average molecular weight is 176 g/mol. The zero-order valence-corrected chi connectivity index (χ0v) is 7.75. The van der Waals surface area contributed by atoms with Gasteiger partial charge in [-0.3, -0.25) is 5.41 Å². The highest BCUT2D eigenvalue weighted by Crippen LogP contribution is 2.01. The molecular weight excluding hydrogens is 160 g/mol. The van der Waals surface area contributed by atoms with E-state index in [-0.39, 0.29) is 0 Å². The standard InChI is InChI=1S/C7H16N2OS/c1-2-10-7(9)3-5-11-6-4-8/h9H,2-6,8H2,1H3. The lowest BCUT2D eigenvalue weighted by molar-refractivity contribution is 0.316. The summed E-state index contributed by atoms with van der Waals surface area (Å²) < 4.78 is 4.96. The minimum atomic E-state index is 0.386. The number of hydrogen-bond acceptors (Lipinski definition) is 4. The first-order chi connectivity index (χ1) is 5.31. The van der Waals surface area contributed by atoms with Gasteiger partial charge in [-0.2, -0.15) is 11.8 Å². The Morgan fingerprint density at radius 2 is 2.27 bits per heavy atom. The summed E-state index contributed by atoms with van der Waals surface area (Å²) in [7, 11) is 0. The van der Waals surface area contributed by atoms with Crippen LogP contribution in [0.25, 0.3) is 0 Å². The molecule has 0 aromatic carbocycles. The molecule has 0 saturated heterocycles. The maximum absolute atomic E-state index is 7.26. The molecule has 0 radical (unpaired) electrons. The van der Waals surface area contributed by atoms with Crippen LogP contribution in [0.4, 0.5) is 0 Å². The van der Waals surface area contributed by atoms with Gasteiger partial charge in [0.05, 0.1) is 6.61 Å². The van der Waals surface area contributed by atoms with E-state index in [4.69, 9.17) is 15.9 Å². The minimum Gasteiger partial charge on any atom is -0.481 e. The van der Waals surface area contributed by atoms with E-state index in [1.165, 1.54) is 0 Å². The molecule has 0 aromatic rings. The summed E-state index contributed by atoms with van der Waals surface area (Å²) in [5.74, 6) is 2.30. The van der Waals surface area contributed by atoms with Gasteiger partial charge in [0.1, 0.15) is 0 Å². The van der Waals surface area contributed by atoms with Crippen molar-refractivity contribution in [2.45, 2.75) is 13.3 Å². The summed E-state index contributed by atoms with van der Waals surface area (Å²) in [6, 6.07) is 0. The normalized spacial score (nSPS) is 9.64. The molecular formula is C7H16N2OS. The molecule has 0 saturated carbocycles. The quantitative estimate of drug-likeness (QED) is 0.362. The Bertz CT molecular complexity index is 109. The van der Waals surface area contributed by atoms with Gasteiger partial charge in [-0.1, -0.05) is 0 Å². The van der Waals surface area contributed by atoms with E-state index in [0.717, 1.165) is 17.9 Å². The number of thioether (sulfide) groups is 1. The van der Waals surface area contributed by atoms with Crippen molar-refractivity contribution in [2.75, 3.05) is 24.7 Å². The van der Waals surface area contributed by atoms with E-state index < -0.39 is 0 Å². The number of nitrogens with one attached hydrogen (secondary N) is 1. The molecule has 0 aromatic heterocycles. The molecule has 3 N–H and O–H groups in total. The fourth-order valence-corrected chi connectivity index (χ4v) is 1.30. The van der Waals surface area contributed by atoms with E-state index in [1.54, 1.807) is 11.8 Å². The van der Waals surface area contributed by atoms with Gasteiger partial charge in [0.25, 0.3) is 0 Å². The van der Waals surface area contributed by atoms with Crippen molar-refractivity contribution in [3.63, 3.8) is 0 Å². The first-order valence-corrected chi connectivity index (χ1v) is 4.94. The summed E-state index contributed by atoms with van der Waals surface area (Å²) in [5, 5.41) is 7.26. The largest absolute Gasteiger partial charge is 0.481 e. The molecule has 0 aliphatic rings. The molecule has 66 valence electrons. The van der Waals surface area contributed by atoms with E-state index in [2.05, 4.69) is 0 Å². The van der Waals surface area contributed by atoms with Crippen molar-refractivity contribution >= 4 is 17.7 Å². The van der Waals surface area contributed by atoms with Gasteiger partial charge in [0.2, 0.25) is 0 Å². The maximum atomic E-state index is 7.26. The van der Waals surface area contributed by atoms with Crippen LogP contribution in [-0.2, 0) is 4.74 Å². The van der Waals surface area contributed by atoms with Crippen LogP contribution in [0.3, 0.4) is 0 Å². The van der Waals surface area contributed by atoms with Crippen LogP contribution in [0.15, 0.2) is 0 Å². The highest BCUT2D eigenvalue weighted by molar-refractivity contribution is 7.99. The SMILES string of the molecule is CCOC(=N)CCSCCN. The molecule has 0 spiro atoms. The Labute approximate surface area is 72.2 Å². The van der Waals surface area contributed by atoms with E-state index in [1.807, 2.05) is 6.92 Å². The Morgan fingerprint density at radius 1 is 1.55 bits per heavy atom. The Kier molecular flexibility index (Phi) is 7.72. The predicted octanol–water partition coefficient (Wildman–Crippen LogP) is 1.08. The van der Waals surface area contributed by atoms with Crippen LogP contribution in [0, 0.1) is 5.41 Å². The number of hydrogen-bond donors (Lipinski definition) is 2. The Balaban J connectivity index is 3.04. The van der Waals surface area contributed by atoms with Crippen LogP contribution < -0.4 is 5.73 Å². The van der Waals surface area contributed by atoms with Crippen LogP contribution in [0.5, 0.6) is 0 Å². The highest BCUT2D eigenvalue weighted by Gasteiger charge is 1.95. The molecule has 0 unspecified atom stereocenters. The number of ether oxygens (including phenoxy) is 1. The monoisotopic (exact) mass is 176 g/mol. The lowest BCUT2D eigenvalue weighted by atomic mass is 10.5. The zero-order chi connectivity index (χ0) is 8.53. The lowest BCUT2D eigenvalue weighted by Gasteiger charge is -2.03. The van der Waals surface area contributed by atoms with Crippen LogP contribution in [0.2, 0.25) is 0 Å². The second-order valence-corrected chi connectivity index (χ2v) is 3.23.